The molecule has 13 rings (SSSR count). The third-order valence-electron chi connectivity index (χ3n) is 17.4. The molecule has 3 unspecified atom stereocenters. The fourth-order valence-corrected chi connectivity index (χ4v) is 14.1. The SMILES string of the molecule is COC(C)(CO)COc1cccc(Oc2cc3c(cc2NS(=O)(=O)c2cn(C)cn2)n(C)c(=O)n3C)c1.COCC(C)(O)COc1cccc(Oc2cc3c(cc2NS(=O)(=O)c2cn(C)cn2)n(C)c(=O)n3C)c1.Cn1cnc(S(=O)(=O)Nc2cc3c(cc2Oc2cccc(OCC4(C)CO4)c2)n(C)c(=O)n3C)c1. The number of anilines is 3. The van der Waals surface area contributed by atoms with Gasteiger partial charge in [-0.2, -0.15) is 25.3 Å². The zero-order valence-electron chi connectivity index (χ0n) is 61.9. The summed E-state index contributed by atoms with van der Waals surface area (Å²) in [5.41, 5.74) is 0.519. The number of epoxide rings is 1. The Morgan fingerprint density at radius 2 is 0.771 bits per heavy atom. The number of sulfonamides is 3. The van der Waals surface area contributed by atoms with Crippen molar-refractivity contribution < 1.29 is 78.1 Å². The Morgan fingerprint density at radius 1 is 0.468 bits per heavy atom. The van der Waals surface area contributed by atoms with Crippen molar-refractivity contribution in [1.29, 1.82) is 0 Å². The smallest absolute Gasteiger partial charge is 0.328 e. The molecule has 580 valence electrons. The number of nitrogens with zero attached hydrogens (tertiary/aromatic N) is 12. The first-order valence-electron chi connectivity index (χ1n) is 33.3. The molecule has 7 heterocycles. The number of ether oxygens (including phenoxy) is 9. The van der Waals surface area contributed by atoms with E-state index in [2.05, 4.69) is 29.1 Å². The van der Waals surface area contributed by atoms with Crippen molar-refractivity contribution in [2.24, 2.45) is 63.4 Å². The summed E-state index contributed by atoms with van der Waals surface area (Å²) < 4.78 is 150. The molecule has 1 aliphatic heterocycles. The van der Waals surface area contributed by atoms with Gasteiger partial charge in [-0.05, 0) is 75.4 Å². The zero-order valence-corrected chi connectivity index (χ0v) is 64.4. The number of nitrogens with one attached hydrogen (secondary N) is 3. The summed E-state index contributed by atoms with van der Waals surface area (Å²) in [7, 11) is 5.56. The molecule has 6 aromatic carbocycles. The molecule has 0 aliphatic carbocycles. The quantitative estimate of drug-likeness (QED) is 0.0334. The van der Waals surface area contributed by atoms with E-state index in [9.17, 15) is 49.9 Å². The number of aromatic nitrogens is 12. The van der Waals surface area contributed by atoms with Crippen molar-refractivity contribution in [3.05, 3.63) is 178 Å². The number of methoxy groups -OCH3 is 2. The van der Waals surface area contributed by atoms with E-state index in [-0.39, 0.29) is 98.5 Å². The minimum Gasteiger partial charge on any atom is -0.490 e. The molecule has 0 amide bonds. The number of benzene rings is 6. The predicted molar refractivity (Wildman–Crippen MR) is 402 cm³/mol. The van der Waals surface area contributed by atoms with Crippen LogP contribution in [0.25, 0.3) is 33.1 Å². The molecule has 0 radical (unpaired) electrons. The first-order valence-corrected chi connectivity index (χ1v) is 37.7. The molecule has 38 heteroatoms. The number of aryl methyl sites for hydroxylation is 9. The van der Waals surface area contributed by atoms with Crippen molar-refractivity contribution in [2.75, 3.05) is 68.0 Å². The van der Waals surface area contributed by atoms with Crippen molar-refractivity contribution >= 4 is 80.2 Å². The zero-order chi connectivity index (χ0) is 78.9. The van der Waals surface area contributed by atoms with Gasteiger partial charge in [-0.1, -0.05) is 18.2 Å². The Labute approximate surface area is 625 Å². The molecule has 3 atom stereocenters. The van der Waals surface area contributed by atoms with Gasteiger partial charge in [0.25, 0.3) is 30.1 Å². The van der Waals surface area contributed by atoms with Crippen LogP contribution in [0.4, 0.5) is 17.1 Å². The summed E-state index contributed by atoms with van der Waals surface area (Å²) in [4.78, 5) is 49.3. The van der Waals surface area contributed by atoms with Crippen LogP contribution < -0.4 is 59.7 Å². The average molecular weight is 1560 g/mol. The summed E-state index contributed by atoms with van der Waals surface area (Å²) in [6.07, 6.45) is 8.30. The maximum absolute atomic E-state index is 13.0. The van der Waals surface area contributed by atoms with Gasteiger partial charge in [0.2, 0.25) is 0 Å². The molecule has 1 saturated heterocycles. The van der Waals surface area contributed by atoms with Gasteiger partial charge >= 0.3 is 17.1 Å². The Kier molecular flexibility index (Phi) is 22.4. The number of aliphatic hydroxyl groups excluding tert-OH is 1. The molecule has 12 aromatic rings. The van der Waals surface area contributed by atoms with Gasteiger partial charge in [0.15, 0.2) is 32.3 Å². The largest absolute Gasteiger partial charge is 0.490 e. The van der Waals surface area contributed by atoms with E-state index in [0.717, 1.165) is 0 Å². The summed E-state index contributed by atoms with van der Waals surface area (Å²) >= 11 is 0. The van der Waals surface area contributed by atoms with Crippen LogP contribution in [0.3, 0.4) is 0 Å². The normalized spacial score (nSPS) is 14.8. The molecule has 109 heavy (non-hydrogen) atoms. The van der Waals surface area contributed by atoms with Crippen molar-refractivity contribution in [1.82, 2.24) is 56.1 Å². The van der Waals surface area contributed by atoms with Gasteiger partial charge in [0, 0.05) is 133 Å². The fraction of sp³-hybridized carbons (Fsp3) is 0.324. The highest BCUT2D eigenvalue weighted by atomic mass is 32.2. The second-order valence-corrected chi connectivity index (χ2v) is 31.6. The van der Waals surface area contributed by atoms with Crippen LogP contribution in [0.1, 0.15) is 20.8 Å². The van der Waals surface area contributed by atoms with Crippen molar-refractivity contribution in [2.45, 2.75) is 52.7 Å². The maximum Gasteiger partial charge on any atom is 0.328 e. The highest BCUT2D eigenvalue weighted by Gasteiger charge is 2.40. The van der Waals surface area contributed by atoms with Crippen LogP contribution >= 0.6 is 0 Å². The summed E-state index contributed by atoms with van der Waals surface area (Å²) in [6.45, 7) is 6.28. The van der Waals surface area contributed by atoms with E-state index >= 15 is 0 Å². The van der Waals surface area contributed by atoms with Crippen LogP contribution in [0.15, 0.2) is 176 Å². The lowest BCUT2D eigenvalue weighted by Gasteiger charge is -2.25. The Morgan fingerprint density at radius 3 is 1.06 bits per heavy atom. The van der Waals surface area contributed by atoms with Gasteiger partial charge in [0.1, 0.15) is 71.1 Å². The minimum atomic E-state index is -4.05. The second kappa shape index (κ2) is 31.1. The lowest BCUT2D eigenvalue weighted by atomic mass is 10.1. The number of rotatable bonds is 28. The Bertz CT molecular complexity index is 5940. The second-order valence-electron chi connectivity index (χ2n) is 26.7. The lowest BCUT2D eigenvalue weighted by molar-refractivity contribution is -0.0651. The average Bonchev–Trinajstić information content (AvgIpc) is 1.50. The highest BCUT2D eigenvalue weighted by molar-refractivity contribution is 7.93. The highest BCUT2D eigenvalue weighted by Crippen LogP contribution is 2.40. The van der Waals surface area contributed by atoms with Gasteiger partial charge in [-0.25, -0.2) is 29.3 Å². The van der Waals surface area contributed by atoms with Crippen molar-refractivity contribution in [3.8, 4) is 51.7 Å². The van der Waals surface area contributed by atoms with Gasteiger partial charge in [-0.3, -0.25) is 41.6 Å². The van der Waals surface area contributed by atoms with Gasteiger partial charge in [0.05, 0.1) is 89.0 Å². The third kappa shape index (κ3) is 17.9. The first-order chi connectivity index (χ1) is 51.4. The molecular formula is C71H83N15O20S3. The number of imidazole rings is 6. The summed E-state index contributed by atoms with van der Waals surface area (Å²) in [6, 6.07) is 29.9. The van der Waals surface area contributed by atoms with Gasteiger partial charge < -0.3 is 66.5 Å². The molecular weight excluding hydrogens is 1480 g/mol. The monoisotopic (exact) mass is 1560 g/mol. The lowest BCUT2D eigenvalue weighted by Crippen LogP contribution is -2.38. The summed E-state index contributed by atoms with van der Waals surface area (Å²) in [5, 5.41) is 19.4. The minimum absolute atomic E-state index is 0.0164. The fourth-order valence-electron chi connectivity index (χ4n) is 10.9. The van der Waals surface area contributed by atoms with Crippen LogP contribution in [0.5, 0.6) is 51.7 Å². The molecule has 6 aromatic heterocycles. The molecule has 35 nitrogen and oxygen atoms in total. The standard InChI is InChI=1S/2C24H29N5O7S.C23H25N5O6S/c1-24(31,13-34-5)14-35-16-7-6-8-17(9-16)36-21-11-20-19(28(3)23(30)29(20)4)10-18(21)26-37(32,33)22-12-27(2)15-25-22;1-24(13-30,34-5)14-35-16-7-6-8-17(9-16)36-21-11-20-19(28(3)23(31)29(20)4)10-18(21)26-37(32,33)22-12-27(2)15-25-22;1-23(13-33-23)12-32-15-6-5-7-16(8-15)34-20-10-19-18(27(3)22(29)28(19)4)9-17(20)25-35(30,31)21-11-26(2)14-24-21/h6-12,15,26,31H,13-14H2,1-5H3;6-12,15,26,30H,13-14H2,1-5H3;5-11,14,25H,12-13H2,1-4H3. The number of hydrogen-bond acceptors (Lipinski definition) is 23. The van der Waals surface area contributed by atoms with E-state index in [4.69, 9.17) is 42.6 Å². The number of fused-ring (bicyclic) bond motifs is 3. The van der Waals surface area contributed by atoms with Gasteiger partial charge in [-0.15, -0.1) is 0 Å². The maximum atomic E-state index is 13.0. The van der Waals surface area contributed by atoms with Crippen LogP contribution in [0.2, 0.25) is 0 Å². The van der Waals surface area contributed by atoms with E-state index < -0.39 is 41.3 Å². The Hall–Kier alpha value is -11.4. The third-order valence-corrected chi connectivity index (χ3v) is 21.1. The van der Waals surface area contributed by atoms with E-state index in [0.29, 0.717) is 80.8 Å². The Balaban J connectivity index is 0.000000162. The number of aliphatic hydroxyl groups is 2. The van der Waals surface area contributed by atoms with E-state index in [1.165, 1.54) is 105 Å². The molecule has 0 bridgehead atoms. The molecule has 5 N–H and O–H groups in total. The molecule has 0 saturated carbocycles. The topological polar surface area (TPSA) is 400 Å². The predicted octanol–water partition coefficient (Wildman–Crippen LogP) is 6.33. The van der Waals surface area contributed by atoms with Crippen LogP contribution in [0, 0.1) is 0 Å². The van der Waals surface area contributed by atoms with E-state index in [1.54, 1.807) is 174 Å². The molecule has 0 spiro atoms. The van der Waals surface area contributed by atoms with Crippen LogP contribution in [-0.2, 0) is 108 Å². The summed E-state index contributed by atoms with van der Waals surface area (Å²) in [5.74, 6) is 3.16. The van der Waals surface area contributed by atoms with Crippen LogP contribution in [-0.4, -0.2) is 162 Å². The number of hydrogen-bond donors (Lipinski definition) is 5. The molecule has 1 aliphatic rings. The van der Waals surface area contributed by atoms with E-state index in [1.807, 2.05) is 6.92 Å². The van der Waals surface area contributed by atoms with Crippen molar-refractivity contribution in [3.63, 3.8) is 0 Å². The first kappa shape index (κ1) is 78.7. The molecule has 1 fully saturated rings.